The molecule has 0 aromatic rings. The second kappa shape index (κ2) is 82.9. The normalized spacial score (nSPS) is 14.6. The number of phosphoric acid groups is 2. The average molecular weight is 1570 g/mol. The largest absolute Gasteiger partial charge is 0.472 e. The van der Waals surface area contributed by atoms with Gasteiger partial charge in [-0.2, -0.15) is 0 Å². The highest BCUT2D eigenvalue weighted by Crippen LogP contribution is 2.45. The zero-order valence-electron chi connectivity index (χ0n) is 68.7. The Bertz CT molecular complexity index is 2560. The van der Waals surface area contributed by atoms with Gasteiger partial charge in [0.2, 0.25) is 0 Å². The number of unbranched alkanes of at least 4 members (excludes halogenated alkanes) is 34. The second-order valence-electron chi connectivity index (χ2n) is 28.6. The van der Waals surface area contributed by atoms with Gasteiger partial charge in [-0.15, -0.1) is 0 Å². The van der Waals surface area contributed by atoms with Gasteiger partial charge in [-0.05, 0) is 154 Å². The lowest BCUT2D eigenvalue weighted by Gasteiger charge is -2.21. The summed E-state index contributed by atoms with van der Waals surface area (Å²) in [6, 6.07) is 0. The van der Waals surface area contributed by atoms with Crippen molar-refractivity contribution in [3.63, 3.8) is 0 Å². The minimum atomic E-state index is -4.95. The summed E-state index contributed by atoms with van der Waals surface area (Å²) < 4.78 is 61.3. The van der Waals surface area contributed by atoms with E-state index in [-0.39, 0.29) is 19.3 Å². The number of aliphatic hydroxyl groups is 2. The van der Waals surface area contributed by atoms with Crippen LogP contribution in [0.2, 0.25) is 0 Å². The van der Waals surface area contributed by atoms with Gasteiger partial charge >= 0.3 is 33.6 Å². The van der Waals surface area contributed by atoms with Crippen LogP contribution < -0.4 is 0 Å². The Hall–Kier alpha value is -4.57. The third kappa shape index (κ3) is 84.2. The van der Waals surface area contributed by atoms with Crippen LogP contribution in [0, 0.1) is 0 Å². The summed E-state index contributed by atoms with van der Waals surface area (Å²) in [5, 5.41) is 20.7. The van der Waals surface area contributed by atoms with Crippen molar-refractivity contribution in [1.82, 2.24) is 0 Å². The summed E-state index contributed by atoms with van der Waals surface area (Å²) in [6.45, 7) is 2.59. The van der Waals surface area contributed by atoms with E-state index >= 15 is 0 Å². The molecule has 0 saturated heterocycles. The summed E-state index contributed by atoms with van der Waals surface area (Å²) in [7, 11) is -9.82. The number of phosphoric ester groups is 2. The lowest BCUT2D eigenvalue weighted by Crippen LogP contribution is -2.30. The van der Waals surface area contributed by atoms with Gasteiger partial charge in [0.1, 0.15) is 25.4 Å². The van der Waals surface area contributed by atoms with Crippen molar-refractivity contribution >= 4 is 33.6 Å². The maximum Gasteiger partial charge on any atom is 0.472 e. The van der Waals surface area contributed by atoms with Crippen molar-refractivity contribution in [2.75, 3.05) is 39.6 Å². The van der Waals surface area contributed by atoms with Gasteiger partial charge in [-0.25, -0.2) is 9.13 Å². The molecule has 626 valence electrons. The number of carbonyl (C=O) groups is 3. The van der Waals surface area contributed by atoms with Crippen molar-refractivity contribution in [3.8, 4) is 0 Å². The van der Waals surface area contributed by atoms with Crippen LogP contribution in [-0.4, -0.2) is 95.9 Å². The molecule has 0 amide bonds. The summed E-state index contributed by atoms with van der Waals surface area (Å²) >= 11 is 0. The van der Waals surface area contributed by atoms with Crippen LogP contribution in [0.15, 0.2) is 146 Å². The average Bonchev–Trinajstić information content (AvgIpc) is 0.905. The van der Waals surface area contributed by atoms with E-state index in [1.54, 1.807) is 0 Å². The molecule has 0 aliphatic heterocycles. The van der Waals surface area contributed by atoms with Crippen LogP contribution in [0.25, 0.3) is 0 Å². The molecule has 0 spiro atoms. The predicted octanol–water partition coefficient (Wildman–Crippen LogP) is 26.0. The highest BCUT2D eigenvalue weighted by Gasteiger charge is 2.29. The van der Waals surface area contributed by atoms with E-state index in [9.17, 15) is 43.5 Å². The van der Waals surface area contributed by atoms with Gasteiger partial charge in [0.25, 0.3) is 0 Å². The molecule has 0 aromatic heterocycles. The first-order valence-corrected chi connectivity index (χ1v) is 46.1. The third-order valence-electron chi connectivity index (χ3n) is 18.0. The fourth-order valence-corrected chi connectivity index (χ4v) is 13.0. The number of hydrogen-bond acceptors (Lipinski definition) is 14. The van der Waals surface area contributed by atoms with E-state index < -0.39 is 91.5 Å². The summed E-state index contributed by atoms with van der Waals surface area (Å²) in [5.74, 6) is -1.61. The van der Waals surface area contributed by atoms with Crippen molar-refractivity contribution in [2.45, 2.75) is 373 Å². The van der Waals surface area contributed by atoms with Crippen molar-refractivity contribution in [3.05, 3.63) is 146 Å². The molecule has 4 N–H and O–H groups in total. The van der Waals surface area contributed by atoms with Crippen molar-refractivity contribution < 1.29 is 75.8 Å². The number of ether oxygens (including phenoxy) is 3. The molecule has 0 rings (SSSR count). The predicted molar refractivity (Wildman–Crippen MR) is 454 cm³/mol. The summed E-state index contributed by atoms with van der Waals surface area (Å²) in [4.78, 5) is 58.9. The van der Waals surface area contributed by atoms with Crippen molar-refractivity contribution in [2.24, 2.45) is 0 Å². The molecule has 0 aliphatic rings. The minimum absolute atomic E-state index is 0.0771. The molecule has 0 fully saturated rings. The van der Waals surface area contributed by atoms with E-state index in [1.807, 2.05) is 0 Å². The Morgan fingerprint density at radius 1 is 0.257 bits per heavy atom. The number of rotatable bonds is 81. The Labute approximate surface area is 664 Å². The van der Waals surface area contributed by atoms with Crippen LogP contribution in [0.3, 0.4) is 0 Å². The summed E-state index contributed by atoms with van der Waals surface area (Å²) in [6.07, 6.45) is 103. The van der Waals surface area contributed by atoms with Gasteiger partial charge in [-0.3, -0.25) is 32.5 Å². The van der Waals surface area contributed by atoms with E-state index in [1.165, 1.54) is 128 Å². The fraction of sp³-hybridized carbons (Fsp3) is 0.703. The Morgan fingerprint density at radius 3 is 0.725 bits per heavy atom. The minimum Gasteiger partial charge on any atom is -0.463 e. The lowest BCUT2D eigenvalue weighted by molar-refractivity contribution is -0.161. The Balaban J connectivity index is 4.64. The SMILES string of the molecule is CCCCC/C=C\C/C=C\C/C=C\C/C=C\CCCCCCCCCCCCCCCC(=O)OCC(O)COP(=O)(O)OCC(O)COP(=O)(O)OCC(COC(=O)CCCCCCCCC/C=C\C/C=C\C/C=C\C/C=C\CCCCC)OC(=O)CCCCCCC/C=C\C/C=C\C/C=C\C/C=C\CCCCC. The molecule has 109 heavy (non-hydrogen) atoms. The zero-order valence-corrected chi connectivity index (χ0v) is 70.5. The molecule has 0 saturated carbocycles. The molecule has 5 unspecified atom stereocenters. The molecule has 0 bridgehead atoms. The fourth-order valence-electron chi connectivity index (χ4n) is 11.4. The van der Waals surface area contributed by atoms with E-state index in [2.05, 4.69) is 167 Å². The zero-order chi connectivity index (χ0) is 79.4. The lowest BCUT2D eigenvalue weighted by atomic mass is 10.0. The topological polar surface area (TPSA) is 231 Å². The van der Waals surface area contributed by atoms with Gasteiger partial charge in [0.15, 0.2) is 6.10 Å². The van der Waals surface area contributed by atoms with E-state index in [0.29, 0.717) is 19.3 Å². The van der Waals surface area contributed by atoms with E-state index in [4.69, 9.17) is 32.3 Å². The molecular weight excluding hydrogens is 1410 g/mol. The first-order chi connectivity index (χ1) is 53.2. The number of allylic oxidation sites excluding steroid dienone is 24. The monoisotopic (exact) mass is 1570 g/mol. The number of aliphatic hydroxyl groups excluding tert-OH is 2. The quantitative estimate of drug-likeness (QED) is 0.0146. The molecule has 5 atom stereocenters. The number of esters is 3. The Kier molecular flexibility index (Phi) is 79.4. The molecule has 0 radical (unpaired) electrons. The Morgan fingerprint density at radius 2 is 0.459 bits per heavy atom. The molecule has 16 nitrogen and oxygen atoms in total. The molecule has 0 heterocycles. The van der Waals surface area contributed by atoms with Crippen LogP contribution in [-0.2, 0) is 55.8 Å². The van der Waals surface area contributed by atoms with Gasteiger partial charge in [0.05, 0.1) is 26.4 Å². The first-order valence-electron chi connectivity index (χ1n) is 43.1. The highest BCUT2D eigenvalue weighted by molar-refractivity contribution is 7.47. The molecule has 0 aromatic carbocycles. The highest BCUT2D eigenvalue weighted by atomic mass is 31.2. The molecule has 0 aliphatic carbocycles. The van der Waals surface area contributed by atoms with E-state index in [0.717, 1.165) is 167 Å². The summed E-state index contributed by atoms with van der Waals surface area (Å²) in [5.41, 5.74) is 0. The third-order valence-corrected chi connectivity index (χ3v) is 19.9. The van der Waals surface area contributed by atoms with Crippen molar-refractivity contribution in [1.29, 1.82) is 0 Å². The maximum absolute atomic E-state index is 13.0. The van der Waals surface area contributed by atoms with Gasteiger partial charge in [0, 0.05) is 19.3 Å². The first kappa shape index (κ1) is 104. The van der Waals surface area contributed by atoms with Gasteiger partial charge < -0.3 is 34.2 Å². The second-order valence-corrected chi connectivity index (χ2v) is 31.5. The van der Waals surface area contributed by atoms with Crippen LogP contribution in [0.4, 0.5) is 0 Å². The number of carbonyl (C=O) groups excluding carboxylic acids is 3. The van der Waals surface area contributed by atoms with Crippen LogP contribution in [0.1, 0.15) is 355 Å². The number of hydrogen-bond donors (Lipinski definition) is 4. The maximum atomic E-state index is 13.0. The standard InChI is InChI=1S/C91H156O16P2/c1-4-7-10-13-16-19-22-25-28-31-34-37-39-40-41-42-43-44-46-49-50-53-56-59-62-65-68-71-74-77-89(94)101-80-86(92)81-103-108(97,98)104-82-87(93)83-105-109(99,100)106-85-88(107-91(96)79-76-73-70-67-64-61-58-55-52-47-36-33-30-27-24-21-18-15-12-9-6-3)84-102-90(95)78-75-72-69-66-63-60-57-54-51-48-45-38-35-32-29-26-23-20-17-14-11-8-5-2/h16-21,25-30,34-38,40-41,47-48,51,55,58,86-88,92-93H,4-15,22-24,31-33,39,42-46,49-50,52-54,56-57,59-85H2,1-3H3,(H,97,98)(H,99,100)/b19-16-,20-17-,21-18-,28-25-,29-26-,30-27-,37-34-,38-35-,41-40-,47-36-,51-48-,58-55-. The smallest absolute Gasteiger partial charge is 0.463 e. The molecular formula is C91H156O16P2. The van der Waals surface area contributed by atoms with Crippen LogP contribution >= 0.6 is 15.6 Å². The molecule has 18 heteroatoms. The van der Waals surface area contributed by atoms with Crippen LogP contribution in [0.5, 0.6) is 0 Å². The van der Waals surface area contributed by atoms with Gasteiger partial charge in [-0.1, -0.05) is 327 Å².